The van der Waals surface area contributed by atoms with Gasteiger partial charge in [0.25, 0.3) is 0 Å². The maximum absolute atomic E-state index is 13.0. The number of piperidine rings is 1. The molecule has 0 spiro atoms. The van der Waals surface area contributed by atoms with Gasteiger partial charge in [-0.1, -0.05) is 25.7 Å². The Bertz CT molecular complexity index is 825. The van der Waals surface area contributed by atoms with E-state index in [-0.39, 0.29) is 11.4 Å². The molecule has 1 saturated carbocycles. The quantitative estimate of drug-likeness (QED) is 0.789. The van der Waals surface area contributed by atoms with Crippen molar-refractivity contribution in [2.24, 2.45) is 0 Å². The van der Waals surface area contributed by atoms with Crippen LogP contribution in [0, 0.1) is 0 Å². The van der Waals surface area contributed by atoms with E-state index in [2.05, 4.69) is 14.9 Å². The van der Waals surface area contributed by atoms with Crippen LogP contribution in [0.5, 0.6) is 0 Å². The Labute approximate surface area is 168 Å². The van der Waals surface area contributed by atoms with E-state index in [1.807, 2.05) is 0 Å². The second-order valence-electron chi connectivity index (χ2n) is 8.52. The first kappa shape index (κ1) is 19.9. The highest BCUT2D eigenvalue weighted by molar-refractivity contribution is 7.89. The highest BCUT2D eigenvalue weighted by atomic mass is 32.2. The molecule has 1 amide bonds. The summed E-state index contributed by atoms with van der Waals surface area (Å²) in [5.74, 6) is -0.0120. The molecule has 0 bridgehead atoms. The van der Waals surface area contributed by atoms with E-state index in [1.54, 1.807) is 18.2 Å². The molecule has 0 atom stereocenters. The Morgan fingerprint density at radius 1 is 1.00 bits per heavy atom. The molecule has 0 unspecified atom stereocenters. The van der Waals surface area contributed by atoms with E-state index in [4.69, 9.17) is 0 Å². The van der Waals surface area contributed by atoms with Gasteiger partial charge in [0, 0.05) is 24.2 Å². The number of hydrogen-bond acceptors (Lipinski definition) is 4. The van der Waals surface area contributed by atoms with Gasteiger partial charge >= 0.3 is 0 Å². The number of amides is 1. The van der Waals surface area contributed by atoms with Crippen LogP contribution in [0.3, 0.4) is 0 Å². The molecule has 0 aromatic heterocycles. The molecule has 2 fully saturated rings. The van der Waals surface area contributed by atoms with Crippen molar-refractivity contribution >= 4 is 21.6 Å². The van der Waals surface area contributed by atoms with Crippen LogP contribution >= 0.6 is 0 Å². The van der Waals surface area contributed by atoms with Crippen molar-refractivity contribution < 1.29 is 13.2 Å². The number of hydrogen-bond donors (Lipinski definition) is 2. The zero-order chi connectivity index (χ0) is 19.6. The number of rotatable bonds is 5. The number of nitrogens with zero attached hydrogens (tertiary/aromatic N) is 1. The second-order valence-corrected chi connectivity index (χ2v) is 10.3. The van der Waals surface area contributed by atoms with Gasteiger partial charge in [0.05, 0.1) is 4.90 Å². The van der Waals surface area contributed by atoms with Gasteiger partial charge in [-0.3, -0.25) is 9.69 Å². The molecule has 4 rings (SSSR count). The summed E-state index contributed by atoms with van der Waals surface area (Å²) in [7, 11) is -3.57. The fourth-order valence-electron chi connectivity index (χ4n) is 5.02. The molecule has 6 nitrogen and oxygen atoms in total. The Hall–Kier alpha value is -1.44. The van der Waals surface area contributed by atoms with Gasteiger partial charge in [-0.25, -0.2) is 13.1 Å². The smallest absolute Gasteiger partial charge is 0.240 e. The summed E-state index contributed by atoms with van der Waals surface area (Å²) < 4.78 is 29.0. The summed E-state index contributed by atoms with van der Waals surface area (Å²) in [6, 6.07) is 5.02. The van der Waals surface area contributed by atoms with E-state index >= 15 is 0 Å². The number of sulfonamides is 1. The van der Waals surface area contributed by atoms with E-state index < -0.39 is 10.0 Å². The highest BCUT2D eigenvalue weighted by Gasteiger charge is 2.39. The minimum Gasteiger partial charge on any atom is -0.326 e. The summed E-state index contributed by atoms with van der Waals surface area (Å²) in [6.07, 6.45) is 10.5. The van der Waals surface area contributed by atoms with Gasteiger partial charge in [-0.15, -0.1) is 0 Å². The third kappa shape index (κ3) is 4.11. The molecule has 7 heteroatoms. The molecule has 0 radical (unpaired) electrons. The summed E-state index contributed by atoms with van der Waals surface area (Å²) >= 11 is 0. The molecule has 1 saturated heterocycles. The van der Waals surface area contributed by atoms with Crippen molar-refractivity contribution in [3.8, 4) is 0 Å². The maximum Gasteiger partial charge on any atom is 0.240 e. The first-order valence-corrected chi connectivity index (χ1v) is 12.1. The van der Waals surface area contributed by atoms with Crippen LogP contribution < -0.4 is 10.0 Å². The largest absolute Gasteiger partial charge is 0.326 e. The fraction of sp³-hybridized carbons (Fsp3) is 0.667. The molecule has 154 valence electrons. The Balaban J connectivity index is 1.51. The third-order valence-electron chi connectivity index (χ3n) is 6.68. The minimum atomic E-state index is -3.57. The normalized spacial score (nSPS) is 23.1. The van der Waals surface area contributed by atoms with Gasteiger partial charge in [-0.05, 0) is 69.0 Å². The highest BCUT2D eigenvalue weighted by Crippen LogP contribution is 2.35. The monoisotopic (exact) mass is 405 g/mol. The van der Waals surface area contributed by atoms with Crippen LogP contribution in [0.4, 0.5) is 5.69 Å². The lowest BCUT2D eigenvalue weighted by atomic mass is 9.79. The average molecular weight is 406 g/mol. The zero-order valence-electron chi connectivity index (χ0n) is 16.5. The number of nitrogens with one attached hydrogen (secondary N) is 2. The fourth-order valence-corrected chi connectivity index (χ4v) is 6.19. The number of anilines is 1. The van der Waals surface area contributed by atoms with Crippen LogP contribution in [0.15, 0.2) is 23.1 Å². The number of carbonyl (C=O) groups is 1. The maximum atomic E-state index is 13.0. The number of likely N-dealkylation sites (tertiary alicyclic amines) is 1. The predicted molar refractivity (Wildman–Crippen MR) is 110 cm³/mol. The van der Waals surface area contributed by atoms with Gasteiger partial charge in [0.15, 0.2) is 0 Å². The molecule has 2 N–H and O–H groups in total. The van der Waals surface area contributed by atoms with Crippen LogP contribution in [-0.2, 0) is 21.2 Å². The molecule has 1 aromatic rings. The first-order chi connectivity index (χ1) is 13.5. The average Bonchev–Trinajstić information content (AvgIpc) is 2.73. The first-order valence-electron chi connectivity index (χ1n) is 10.7. The van der Waals surface area contributed by atoms with Gasteiger partial charge < -0.3 is 5.32 Å². The Kier molecular flexibility index (Phi) is 5.76. The van der Waals surface area contributed by atoms with Crippen molar-refractivity contribution in [1.29, 1.82) is 0 Å². The molecular formula is C21H31N3O3S. The number of benzene rings is 1. The van der Waals surface area contributed by atoms with Crippen molar-refractivity contribution in [2.45, 2.75) is 74.6 Å². The van der Waals surface area contributed by atoms with E-state index in [1.165, 1.54) is 38.5 Å². The third-order valence-corrected chi connectivity index (χ3v) is 8.08. The van der Waals surface area contributed by atoms with Crippen molar-refractivity contribution in [1.82, 2.24) is 9.62 Å². The zero-order valence-corrected chi connectivity index (χ0v) is 17.3. The molecule has 1 aliphatic carbocycles. The van der Waals surface area contributed by atoms with Crippen molar-refractivity contribution in [3.05, 3.63) is 23.8 Å². The molecule has 28 heavy (non-hydrogen) atoms. The molecule has 1 aromatic carbocycles. The SMILES string of the molecule is O=C1CCc2cc(S(=O)(=O)NCC3(N4CCCCC4)CCCCC3)ccc2N1. The number of carbonyl (C=O) groups excluding carboxylic acids is 1. The van der Waals surface area contributed by atoms with E-state index in [0.29, 0.717) is 24.3 Å². The predicted octanol–water partition coefficient (Wildman–Crippen LogP) is 3.04. The lowest BCUT2D eigenvalue weighted by Crippen LogP contribution is -2.58. The lowest BCUT2D eigenvalue weighted by Gasteiger charge is -2.48. The minimum absolute atomic E-state index is 0.0120. The Morgan fingerprint density at radius 2 is 1.71 bits per heavy atom. The lowest BCUT2D eigenvalue weighted by molar-refractivity contribution is -0.116. The van der Waals surface area contributed by atoms with Crippen molar-refractivity contribution in [2.75, 3.05) is 25.0 Å². The van der Waals surface area contributed by atoms with E-state index in [0.717, 1.165) is 37.2 Å². The molecular weight excluding hydrogens is 374 g/mol. The molecule has 2 aliphatic heterocycles. The second kappa shape index (κ2) is 8.13. The summed E-state index contributed by atoms with van der Waals surface area (Å²) in [5, 5.41) is 2.81. The van der Waals surface area contributed by atoms with Gasteiger partial charge in [-0.2, -0.15) is 0 Å². The summed E-state index contributed by atoms with van der Waals surface area (Å²) in [6.45, 7) is 2.66. The van der Waals surface area contributed by atoms with Gasteiger partial charge in [0.2, 0.25) is 15.9 Å². The van der Waals surface area contributed by atoms with Crippen molar-refractivity contribution in [3.63, 3.8) is 0 Å². The van der Waals surface area contributed by atoms with Crippen LogP contribution in [0.25, 0.3) is 0 Å². The molecule has 2 heterocycles. The van der Waals surface area contributed by atoms with Gasteiger partial charge in [0.1, 0.15) is 0 Å². The Morgan fingerprint density at radius 3 is 2.46 bits per heavy atom. The number of aryl methyl sites for hydroxylation is 1. The summed E-state index contributed by atoms with van der Waals surface area (Å²) in [5.41, 5.74) is 1.59. The summed E-state index contributed by atoms with van der Waals surface area (Å²) in [4.78, 5) is 14.4. The standard InChI is InChI=1S/C21H31N3O3S/c25-20-10-7-17-15-18(8-9-19(17)23-20)28(26,27)22-16-21(11-3-1-4-12-21)24-13-5-2-6-14-24/h8-9,15,22H,1-7,10-14,16H2,(H,23,25). The molecule has 3 aliphatic rings. The number of fused-ring (bicyclic) bond motifs is 1. The topological polar surface area (TPSA) is 78.5 Å². The van der Waals surface area contributed by atoms with Crippen LogP contribution in [0.2, 0.25) is 0 Å². The van der Waals surface area contributed by atoms with Crippen LogP contribution in [0.1, 0.15) is 63.4 Å². The van der Waals surface area contributed by atoms with Crippen LogP contribution in [-0.4, -0.2) is 44.4 Å². The van der Waals surface area contributed by atoms with E-state index in [9.17, 15) is 13.2 Å².